The van der Waals surface area contributed by atoms with E-state index in [0.29, 0.717) is 0 Å². The lowest BCUT2D eigenvalue weighted by Gasteiger charge is -2.28. The van der Waals surface area contributed by atoms with E-state index < -0.39 is 65.3 Å². The molecule has 2 aromatic carbocycles. The van der Waals surface area contributed by atoms with Gasteiger partial charge in [0.05, 0.1) is 25.2 Å². The number of ether oxygens (including phenoxy) is 2. The number of carboxylic acids is 1. The third-order valence-corrected chi connectivity index (χ3v) is 7.21. The van der Waals surface area contributed by atoms with E-state index in [-0.39, 0.29) is 30.3 Å². The zero-order chi connectivity index (χ0) is 32.1. The van der Waals surface area contributed by atoms with Gasteiger partial charge in [-0.15, -0.1) is 0 Å². The number of amides is 3. The second-order valence-corrected chi connectivity index (χ2v) is 10.4. The lowest BCUT2D eigenvalue weighted by atomic mass is 9.84. The van der Waals surface area contributed by atoms with Gasteiger partial charge < -0.3 is 30.5 Å². The molecule has 0 radical (unpaired) electrons. The van der Waals surface area contributed by atoms with Crippen LogP contribution >= 0.6 is 0 Å². The number of Topliss-reactive ketones (excluding diaryl/α,β-unsaturated/α-hetero) is 1. The fraction of sp³-hybridized carbons (Fsp3) is 0.433. The first-order valence-electron chi connectivity index (χ1n) is 14.2. The third kappa shape index (κ3) is 10.2. The van der Waals surface area contributed by atoms with Crippen LogP contribution in [0.15, 0.2) is 48.5 Å². The molecule has 236 valence electrons. The first-order valence-corrected chi connectivity index (χ1v) is 14.2. The van der Waals surface area contributed by atoms with Gasteiger partial charge in [0.2, 0.25) is 11.7 Å². The Hall–Kier alpha value is -4.85. The molecule has 0 unspecified atom stereocenters. The number of nitro groups is 1. The number of aliphatic carboxylic acids is 1. The van der Waals surface area contributed by atoms with Gasteiger partial charge in [-0.05, 0) is 30.0 Å². The summed E-state index contributed by atoms with van der Waals surface area (Å²) in [4.78, 5) is 74.2. The summed E-state index contributed by atoms with van der Waals surface area (Å²) in [6, 6.07) is 9.86. The van der Waals surface area contributed by atoms with Crippen molar-refractivity contribution in [1.82, 2.24) is 16.0 Å². The number of rotatable bonds is 16. The van der Waals surface area contributed by atoms with Crippen LogP contribution in [0.25, 0.3) is 0 Å². The normalized spacial score (nSPS) is 14.5. The minimum Gasteiger partial charge on any atom is -0.497 e. The van der Waals surface area contributed by atoms with Crippen molar-refractivity contribution in [2.45, 2.75) is 57.2 Å². The van der Waals surface area contributed by atoms with Crippen molar-refractivity contribution in [3.8, 4) is 5.75 Å². The number of methoxy groups -OCH3 is 1. The number of benzene rings is 2. The van der Waals surface area contributed by atoms with Crippen molar-refractivity contribution in [3.63, 3.8) is 0 Å². The number of ketones is 1. The lowest BCUT2D eigenvalue weighted by Crippen LogP contribution is -2.56. The second kappa shape index (κ2) is 16.7. The fourth-order valence-corrected chi connectivity index (χ4v) is 4.93. The van der Waals surface area contributed by atoms with Gasteiger partial charge in [-0.25, -0.2) is 0 Å². The average molecular weight is 613 g/mol. The Bertz CT molecular complexity index is 1340. The van der Waals surface area contributed by atoms with Crippen LogP contribution in [0.5, 0.6) is 5.75 Å². The molecular weight excluding hydrogens is 576 g/mol. The van der Waals surface area contributed by atoms with Crippen LogP contribution in [0.3, 0.4) is 0 Å². The smallest absolute Gasteiger partial charge is 0.322 e. The van der Waals surface area contributed by atoms with E-state index in [2.05, 4.69) is 10.6 Å². The van der Waals surface area contributed by atoms with E-state index in [0.717, 1.165) is 43.7 Å². The molecule has 1 saturated carbocycles. The van der Waals surface area contributed by atoms with E-state index in [1.54, 1.807) is 24.3 Å². The molecule has 14 nitrogen and oxygen atoms in total. The van der Waals surface area contributed by atoms with Gasteiger partial charge in [0, 0.05) is 6.07 Å². The van der Waals surface area contributed by atoms with Crippen LogP contribution < -0.4 is 20.7 Å². The fourth-order valence-electron chi connectivity index (χ4n) is 4.93. The number of hydrogen-bond acceptors (Lipinski definition) is 9. The molecule has 1 aliphatic rings. The van der Waals surface area contributed by atoms with Crippen molar-refractivity contribution in [3.05, 3.63) is 69.8 Å². The van der Waals surface area contributed by atoms with Crippen LogP contribution in [0, 0.1) is 16.0 Å². The number of nitrogens with one attached hydrogen (secondary N) is 3. The zero-order valence-corrected chi connectivity index (χ0v) is 24.3. The Morgan fingerprint density at radius 3 is 2.34 bits per heavy atom. The Labute approximate surface area is 253 Å². The van der Waals surface area contributed by atoms with Crippen LogP contribution in [0.4, 0.5) is 5.69 Å². The van der Waals surface area contributed by atoms with Crippen LogP contribution in [-0.2, 0) is 30.5 Å². The summed E-state index contributed by atoms with van der Waals surface area (Å²) in [5.74, 6) is -5.19. The molecule has 4 N–H and O–H groups in total. The van der Waals surface area contributed by atoms with Crippen LogP contribution in [0.2, 0.25) is 0 Å². The Balaban J connectivity index is 1.84. The third-order valence-electron chi connectivity index (χ3n) is 7.21. The van der Waals surface area contributed by atoms with E-state index in [1.807, 2.05) is 11.4 Å². The van der Waals surface area contributed by atoms with Gasteiger partial charge in [0.15, 0.2) is 0 Å². The Morgan fingerprint density at radius 1 is 1.00 bits per heavy atom. The Morgan fingerprint density at radius 2 is 1.70 bits per heavy atom. The van der Waals surface area contributed by atoms with Crippen molar-refractivity contribution < 1.29 is 43.5 Å². The van der Waals surface area contributed by atoms with Gasteiger partial charge in [0.1, 0.15) is 29.9 Å². The number of nitrogens with zero attached hydrogens (tertiary/aromatic N) is 1. The highest BCUT2D eigenvalue weighted by Gasteiger charge is 2.33. The van der Waals surface area contributed by atoms with E-state index in [9.17, 15) is 34.1 Å². The maximum atomic E-state index is 13.6. The first-order chi connectivity index (χ1) is 21.1. The van der Waals surface area contributed by atoms with Crippen molar-refractivity contribution in [1.29, 1.82) is 0 Å². The summed E-state index contributed by atoms with van der Waals surface area (Å²) < 4.78 is 10.7. The molecular formula is C30H36N4O10. The van der Waals surface area contributed by atoms with Crippen molar-refractivity contribution >= 4 is 35.2 Å². The molecule has 2 atom stereocenters. The summed E-state index contributed by atoms with van der Waals surface area (Å²) in [5.41, 5.74) is -0.0390. The summed E-state index contributed by atoms with van der Waals surface area (Å²) >= 11 is 0. The number of carboxylic acid groups (broad SMARTS) is 1. The molecule has 0 aliphatic heterocycles. The number of hydrogen-bond donors (Lipinski definition) is 4. The topological polar surface area (TPSA) is 203 Å². The molecule has 0 spiro atoms. The molecule has 3 rings (SSSR count). The summed E-state index contributed by atoms with van der Waals surface area (Å²) in [6.07, 6.45) is 4.71. The molecule has 1 fully saturated rings. The van der Waals surface area contributed by atoms with Gasteiger partial charge in [0.25, 0.3) is 17.5 Å². The largest absolute Gasteiger partial charge is 0.497 e. The predicted molar refractivity (Wildman–Crippen MR) is 156 cm³/mol. The van der Waals surface area contributed by atoms with E-state index in [4.69, 9.17) is 14.6 Å². The minimum atomic E-state index is -1.52. The van der Waals surface area contributed by atoms with Crippen molar-refractivity contribution in [2.75, 3.05) is 20.3 Å². The molecule has 0 bridgehead atoms. The predicted octanol–water partition coefficient (Wildman–Crippen LogP) is 2.14. The molecule has 44 heavy (non-hydrogen) atoms. The highest BCUT2D eigenvalue weighted by atomic mass is 16.6. The molecule has 1 aliphatic carbocycles. The SMILES string of the molecule is COc1ccc([N+](=O)[O-])c(C(=O)N[C@H](CC2CCCCC2)C(=O)N[C@H](COCc2ccccc2)C(=O)C(=O)NCC(=O)O)c1. The molecule has 3 amide bonds. The molecule has 0 saturated heterocycles. The summed E-state index contributed by atoms with van der Waals surface area (Å²) in [5, 5.41) is 27.5. The monoisotopic (exact) mass is 612 g/mol. The van der Waals surface area contributed by atoms with Crippen molar-refractivity contribution in [2.24, 2.45) is 5.92 Å². The summed E-state index contributed by atoms with van der Waals surface area (Å²) in [6.45, 7) is -1.18. The van der Waals surface area contributed by atoms with Crippen LogP contribution in [-0.4, -0.2) is 71.8 Å². The number of carbonyl (C=O) groups excluding carboxylic acids is 4. The Kier molecular flexibility index (Phi) is 12.8. The van der Waals surface area contributed by atoms with Crippen LogP contribution in [0.1, 0.15) is 54.4 Å². The molecule has 14 heteroatoms. The van der Waals surface area contributed by atoms with Gasteiger partial charge in [-0.1, -0.05) is 62.4 Å². The average Bonchev–Trinajstić information content (AvgIpc) is 3.02. The molecule has 0 heterocycles. The summed E-state index contributed by atoms with van der Waals surface area (Å²) in [7, 11) is 1.34. The second-order valence-electron chi connectivity index (χ2n) is 10.4. The highest BCUT2D eigenvalue weighted by molar-refractivity contribution is 6.38. The number of carbonyl (C=O) groups is 5. The molecule has 2 aromatic rings. The molecule has 0 aromatic heterocycles. The van der Waals surface area contributed by atoms with Gasteiger partial charge >= 0.3 is 5.97 Å². The quantitative estimate of drug-likeness (QED) is 0.124. The van der Waals surface area contributed by atoms with Gasteiger partial charge in [-0.3, -0.25) is 34.1 Å². The minimum absolute atomic E-state index is 0.0545. The zero-order valence-electron chi connectivity index (χ0n) is 24.3. The number of nitro benzene ring substituents is 1. The van der Waals surface area contributed by atoms with Gasteiger partial charge in [-0.2, -0.15) is 0 Å². The first kappa shape index (κ1) is 33.6. The highest BCUT2D eigenvalue weighted by Crippen LogP contribution is 2.28. The van der Waals surface area contributed by atoms with E-state index in [1.165, 1.54) is 19.2 Å². The maximum absolute atomic E-state index is 13.6. The van der Waals surface area contributed by atoms with E-state index >= 15 is 0 Å². The lowest BCUT2D eigenvalue weighted by molar-refractivity contribution is -0.385. The standard InChI is InChI=1S/C30H36N4O10/c1-43-21-12-13-25(34(41)42)22(15-21)28(38)32-23(14-19-8-4-2-5-9-19)29(39)33-24(27(37)30(40)31-16-26(35)36)18-44-17-20-10-6-3-7-11-20/h3,6-7,10-13,15,19,23-24H,2,4-5,8-9,14,16-18H2,1H3,(H,31,40)(H,32,38)(H,33,39)(H,35,36)/t23-,24-/m1/s1. The maximum Gasteiger partial charge on any atom is 0.322 e.